The molecule has 2 aromatic heterocycles. The van der Waals surface area contributed by atoms with E-state index in [0.717, 1.165) is 4.57 Å². The SMILES string of the molecule is Cn1c(=O)c2nc(Cl)n(C)c2n(C)c1=O. The summed E-state index contributed by atoms with van der Waals surface area (Å²) in [5.74, 6) is 0. The van der Waals surface area contributed by atoms with Gasteiger partial charge in [0, 0.05) is 21.1 Å². The second-order valence-electron chi connectivity index (χ2n) is 3.32. The van der Waals surface area contributed by atoms with Gasteiger partial charge in [0.15, 0.2) is 11.2 Å². The summed E-state index contributed by atoms with van der Waals surface area (Å²) in [7, 11) is 4.63. The molecule has 0 aromatic carbocycles. The fraction of sp³-hybridized carbons (Fsp3) is 0.375. The van der Waals surface area contributed by atoms with E-state index in [-0.39, 0.29) is 10.8 Å². The number of rotatable bonds is 0. The predicted octanol–water partition coefficient (Wildman–Crippen LogP) is -0.376. The Labute approximate surface area is 89.3 Å². The molecule has 0 unspecified atom stereocenters. The highest BCUT2D eigenvalue weighted by Crippen LogP contribution is 2.12. The van der Waals surface area contributed by atoms with Gasteiger partial charge in [0.05, 0.1) is 0 Å². The van der Waals surface area contributed by atoms with Gasteiger partial charge in [-0.1, -0.05) is 0 Å². The number of halogens is 1. The molecule has 7 heteroatoms. The second-order valence-corrected chi connectivity index (χ2v) is 3.66. The van der Waals surface area contributed by atoms with E-state index in [0.29, 0.717) is 5.65 Å². The van der Waals surface area contributed by atoms with E-state index in [1.807, 2.05) is 0 Å². The molecular weight excluding hydrogens is 220 g/mol. The molecule has 0 aliphatic heterocycles. The fourth-order valence-corrected chi connectivity index (χ4v) is 1.72. The van der Waals surface area contributed by atoms with Crippen molar-refractivity contribution < 1.29 is 0 Å². The summed E-state index contributed by atoms with van der Waals surface area (Å²) in [6, 6.07) is 0. The van der Waals surface area contributed by atoms with Crippen LogP contribution in [0.2, 0.25) is 5.28 Å². The highest BCUT2D eigenvalue weighted by atomic mass is 35.5. The van der Waals surface area contributed by atoms with Crippen LogP contribution in [0.4, 0.5) is 0 Å². The van der Waals surface area contributed by atoms with E-state index in [2.05, 4.69) is 4.98 Å². The van der Waals surface area contributed by atoms with Gasteiger partial charge >= 0.3 is 5.69 Å². The van der Waals surface area contributed by atoms with E-state index in [9.17, 15) is 9.59 Å². The minimum absolute atomic E-state index is 0.184. The van der Waals surface area contributed by atoms with Crippen LogP contribution in [-0.2, 0) is 21.1 Å². The predicted molar refractivity (Wildman–Crippen MR) is 56.2 cm³/mol. The van der Waals surface area contributed by atoms with Gasteiger partial charge in [-0.3, -0.25) is 13.9 Å². The van der Waals surface area contributed by atoms with Gasteiger partial charge in [0.25, 0.3) is 5.56 Å². The quantitative estimate of drug-likeness (QED) is 0.578. The zero-order valence-corrected chi connectivity index (χ0v) is 9.24. The molecule has 0 radical (unpaired) electrons. The number of imidazole rings is 1. The number of fused-ring (bicyclic) bond motifs is 1. The lowest BCUT2D eigenvalue weighted by Gasteiger charge is -2.04. The monoisotopic (exact) mass is 228 g/mol. The van der Waals surface area contributed by atoms with Gasteiger partial charge in [-0.15, -0.1) is 0 Å². The first-order chi connectivity index (χ1) is 6.95. The Morgan fingerprint density at radius 2 is 1.67 bits per heavy atom. The lowest BCUT2D eigenvalue weighted by Crippen LogP contribution is -2.37. The topological polar surface area (TPSA) is 61.8 Å². The van der Waals surface area contributed by atoms with Crippen LogP contribution in [0.1, 0.15) is 0 Å². The van der Waals surface area contributed by atoms with Crippen LogP contribution in [0.3, 0.4) is 0 Å². The number of hydrogen-bond donors (Lipinski definition) is 0. The molecule has 6 nitrogen and oxygen atoms in total. The standard InChI is InChI=1S/C8H9ClN4O2/c1-11-5-4(10-7(11)9)6(14)13(3)8(15)12(5)2/h1-3H3. The van der Waals surface area contributed by atoms with Gasteiger partial charge < -0.3 is 4.57 Å². The molecule has 15 heavy (non-hydrogen) atoms. The minimum atomic E-state index is -0.435. The molecule has 2 rings (SSSR count). The van der Waals surface area contributed by atoms with E-state index in [4.69, 9.17) is 11.6 Å². The summed E-state index contributed by atoms with van der Waals surface area (Å²) in [6.07, 6.45) is 0. The Balaban J connectivity index is 3.23. The number of aromatic nitrogens is 4. The average Bonchev–Trinajstić information content (AvgIpc) is 2.50. The Morgan fingerprint density at radius 3 is 2.27 bits per heavy atom. The first kappa shape index (κ1) is 9.97. The van der Waals surface area contributed by atoms with Crippen LogP contribution in [0.5, 0.6) is 0 Å². The molecule has 0 atom stereocenters. The smallest absolute Gasteiger partial charge is 0.304 e. The molecule has 2 heterocycles. The van der Waals surface area contributed by atoms with Crippen molar-refractivity contribution in [2.24, 2.45) is 21.1 Å². The molecule has 0 saturated carbocycles. The third kappa shape index (κ3) is 1.14. The third-order valence-corrected chi connectivity index (χ3v) is 2.75. The number of hydrogen-bond acceptors (Lipinski definition) is 3. The van der Waals surface area contributed by atoms with Crippen LogP contribution in [0.15, 0.2) is 9.59 Å². The van der Waals surface area contributed by atoms with Crippen LogP contribution in [-0.4, -0.2) is 18.7 Å². The van der Waals surface area contributed by atoms with Crippen molar-refractivity contribution in [1.82, 2.24) is 18.7 Å². The molecule has 80 valence electrons. The Morgan fingerprint density at radius 1 is 1.07 bits per heavy atom. The Hall–Kier alpha value is -1.56. The maximum atomic E-state index is 11.7. The van der Waals surface area contributed by atoms with Gasteiger partial charge in [-0.2, -0.15) is 0 Å². The second kappa shape index (κ2) is 2.96. The zero-order valence-electron chi connectivity index (χ0n) is 8.48. The van der Waals surface area contributed by atoms with Gasteiger partial charge in [-0.25, -0.2) is 9.78 Å². The first-order valence-electron chi connectivity index (χ1n) is 4.23. The fourth-order valence-electron chi connectivity index (χ4n) is 1.55. The first-order valence-corrected chi connectivity index (χ1v) is 4.61. The molecule has 0 saturated heterocycles. The average molecular weight is 229 g/mol. The zero-order chi connectivity index (χ0) is 11.3. The van der Waals surface area contributed by atoms with E-state index in [1.54, 1.807) is 14.1 Å². The van der Waals surface area contributed by atoms with Crippen molar-refractivity contribution in [3.05, 3.63) is 26.1 Å². The lowest BCUT2D eigenvalue weighted by atomic mass is 10.5. The van der Waals surface area contributed by atoms with Gasteiger partial charge in [0.1, 0.15) is 0 Å². The van der Waals surface area contributed by atoms with Crippen molar-refractivity contribution in [1.29, 1.82) is 0 Å². The van der Waals surface area contributed by atoms with Crippen molar-refractivity contribution in [3.63, 3.8) is 0 Å². The van der Waals surface area contributed by atoms with Gasteiger partial charge in [0.2, 0.25) is 5.28 Å². The molecule has 0 fully saturated rings. The van der Waals surface area contributed by atoms with E-state index >= 15 is 0 Å². The Kier molecular flexibility index (Phi) is 1.97. The maximum absolute atomic E-state index is 11.7. The molecule has 0 amide bonds. The molecule has 0 aliphatic rings. The normalized spacial score (nSPS) is 11.2. The Bertz CT molecular complexity index is 664. The highest BCUT2D eigenvalue weighted by Gasteiger charge is 2.15. The summed E-state index contributed by atoms with van der Waals surface area (Å²) >= 11 is 5.79. The van der Waals surface area contributed by atoms with Gasteiger partial charge in [-0.05, 0) is 11.6 Å². The molecular formula is C8H9ClN4O2. The van der Waals surface area contributed by atoms with Crippen molar-refractivity contribution in [2.75, 3.05) is 0 Å². The molecule has 0 bridgehead atoms. The molecule has 2 aromatic rings. The number of aryl methyl sites for hydroxylation is 2. The van der Waals surface area contributed by atoms with Crippen LogP contribution >= 0.6 is 11.6 Å². The number of nitrogens with zero attached hydrogens (tertiary/aromatic N) is 4. The maximum Gasteiger partial charge on any atom is 0.332 e. The third-order valence-electron chi connectivity index (χ3n) is 2.41. The lowest BCUT2D eigenvalue weighted by molar-refractivity contribution is 0.698. The van der Waals surface area contributed by atoms with Crippen molar-refractivity contribution in [2.45, 2.75) is 0 Å². The summed E-state index contributed by atoms with van der Waals surface area (Å²) in [5, 5.41) is 0.184. The molecule has 0 N–H and O–H groups in total. The summed E-state index contributed by atoms with van der Waals surface area (Å²) in [6.45, 7) is 0. The van der Waals surface area contributed by atoms with E-state index < -0.39 is 11.2 Å². The minimum Gasteiger partial charge on any atom is -0.304 e. The van der Waals surface area contributed by atoms with Crippen LogP contribution in [0.25, 0.3) is 11.2 Å². The molecule has 0 aliphatic carbocycles. The summed E-state index contributed by atoms with van der Waals surface area (Å²) in [5.41, 5.74) is -0.206. The van der Waals surface area contributed by atoms with Crippen LogP contribution < -0.4 is 11.2 Å². The van der Waals surface area contributed by atoms with Crippen molar-refractivity contribution in [3.8, 4) is 0 Å². The highest BCUT2D eigenvalue weighted by molar-refractivity contribution is 6.29. The summed E-state index contributed by atoms with van der Waals surface area (Å²) in [4.78, 5) is 27.2. The van der Waals surface area contributed by atoms with E-state index in [1.165, 1.54) is 16.2 Å². The van der Waals surface area contributed by atoms with Crippen LogP contribution in [0, 0.1) is 0 Å². The molecule has 0 spiro atoms. The van der Waals surface area contributed by atoms with Crippen molar-refractivity contribution >= 4 is 22.8 Å². The largest absolute Gasteiger partial charge is 0.332 e. The summed E-state index contributed by atoms with van der Waals surface area (Å²) < 4.78 is 3.85.